The highest BCUT2D eigenvalue weighted by Crippen LogP contribution is 2.66. The number of aliphatic hydroxyl groups excluding tert-OH is 1. The maximum absolute atomic E-state index is 11.9. The molecule has 2 N–H and O–H groups in total. The van der Waals surface area contributed by atoms with Gasteiger partial charge in [-0.1, -0.05) is 0 Å². The molecule has 4 bridgehead atoms. The predicted octanol–water partition coefficient (Wildman–Crippen LogP) is 1.27. The first kappa shape index (κ1) is 10.7. The molecule has 4 aliphatic rings. The molecular weight excluding hydrogens is 204 g/mol. The lowest BCUT2D eigenvalue weighted by atomic mass is 9.42. The number of hydrogen-bond donors (Lipinski definition) is 2. The highest BCUT2D eigenvalue weighted by Gasteiger charge is 2.64. The maximum Gasteiger partial charge on any atom is 0.136 e. The van der Waals surface area contributed by atoms with E-state index < -0.39 is 5.60 Å². The largest absolute Gasteiger partial charge is 0.396 e. The first-order chi connectivity index (χ1) is 7.41. The van der Waals surface area contributed by atoms with Crippen LogP contribution in [0.5, 0.6) is 0 Å². The number of aliphatic hydroxyl groups is 2. The van der Waals surface area contributed by atoms with Crippen LogP contribution in [-0.2, 0) is 4.79 Å². The third-order valence-corrected chi connectivity index (χ3v) is 5.24. The lowest BCUT2D eigenvalue weighted by Crippen LogP contribution is -2.62. The van der Waals surface area contributed by atoms with E-state index >= 15 is 0 Å². The third kappa shape index (κ3) is 1.25. The summed E-state index contributed by atoms with van der Waals surface area (Å²) in [6, 6.07) is 0. The summed E-state index contributed by atoms with van der Waals surface area (Å²) in [5.41, 5.74) is -1.16. The lowest BCUT2D eigenvalue weighted by Gasteiger charge is -2.64. The van der Waals surface area contributed by atoms with Gasteiger partial charge in [0.15, 0.2) is 0 Å². The predicted molar refractivity (Wildman–Crippen MR) is 58.8 cm³/mol. The molecule has 0 aromatic heterocycles. The topological polar surface area (TPSA) is 57.5 Å². The minimum absolute atomic E-state index is 0.126. The number of carbonyl (C=O) groups excluding carboxylic acids is 1. The standard InChI is InChI=1S/C13H20O3/c1-9(15)12-3-10-2-11(5-12,8-14)6-13(16,4-10)7-12/h10,14,16H,2-8H2,1H3. The summed E-state index contributed by atoms with van der Waals surface area (Å²) >= 11 is 0. The Morgan fingerprint density at radius 1 is 1.25 bits per heavy atom. The highest BCUT2D eigenvalue weighted by atomic mass is 16.3. The Bertz CT molecular complexity index is 353. The molecule has 0 aromatic rings. The van der Waals surface area contributed by atoms with Gasteiger partial charge in [0.2, 0.25) is 0 Å². The van der Waals surface area contributed by atoms with Crippen LogP contribution in [0, 0.1) is 16.7 Å². The molecule has 0 heterocycles. The van der Waals surface area contributed by atoms with Crippen molar-refractivity contribution in [2.24, 2.45) is 16.7 Å². The zero-order valence-corrected chi connectivity index (χ0v) is 9.83. The summed E-state index contributed by atoms with van der Waals surface area (Å²) in [7, 11) is 0. The molecular formula is C13H20O3. The Morgan fingerprint density at radius 2 is 2.00 bits per heavy atom. The first-order valence-electron chi connectivity index (χ1n) is 6.25. The minimum Gasteiger partial charge on any atom is -0.396 e. The molecule has 4 unspecified atom stereocenters. The zero-order valence-electron chi connectivity index (χ0n) is 9.83. The lowest BCUT2D eigenvalue weighted by molar-refractivity contribution is -0.209. The van der Waals surface area contributed by atoms with Crippen molar-refractivity contribution in [1.82, 2.24) is 0 Å². The van der Waals surface area contributed by atoms with Crippen LogP contribution >= 0.6 is 0 Å². The van der Waals surface area contributed by atoms with Crippen molar-refractivity contribution in [2.75, 3.05) is 6.61 Å². The summed E-state index contributed by atoms with van der Waals surface area (Å²) in [6.45, 7) is 1.78. The SMILES string of the molecule is CC(=O)C12CC3CC(O)(CC(CO)(C3)C1)C2. The van der Waals surface area contributed by atoms with E-state index in [4.69, 9.17) is 0 Å². The second-order valence-corrected chi connectivity index (χ2v) is 6.73. The van der Waals surface area contributed by atoms with E-state index in [1.165, 1.54) is 0 Å². The molecule has 0 spiro atoms. The van der Waals surface area contributed by atoms with Crippen LogP contribution < -0.4 is 0 Å². The maximum atomic E-state index is 11.9. The summed E-state index contributed by atoms with van der Waals surface area (Å²) < 4.78 is 0. The summed E-state index contributed by atoms with van der Waals surface area (Å²) in [4.78, 5) is 11.9. The number of hydrogen-bond acceptors (Lipinski definition) is 3. The third-order valence-electron chi connectivity index (χ3n) is 5.24. The van der Waals surface area contributed by atoms with Crippen molar-refractivity contribution in [3.05, 3.63) is 0 Å². The molecule has 4 aliphatic carbocycles. The molecule has 4 fully saturated rings. The zero-order chi connectivity index (χ0) is 11.6. The van der Waals surface area contributed by atoms with Gasteiger partial charge in [-0.25, -0.2) is 0 Å². The van der Waals surface area contributed by atoms with E-state index in [2.05, 4.69) is 0 Å². The van der Waals surface area contributed by atoms with Crippen LogP contribution in [0.1, 0.15) is 45.4 Å². The van der Waals surface area contributed by atoms with Gasteiger partial charge in [0.25, 0.3) is 0 Å². The van der Waals surface area contributed by atoms with E-state index in [0.717, 1.165) is 25.7 Å². The average molecular weight is 224 g/mol. The van der Waals surface area contributed by atoms with Gasteiger partial charge < -0.3 is 10.2 Å². The fraction of sp³-hybridized carbons (Fsp3) is 0.923. The van der Waals surface area contributed by atoms with Gasteiger partial charge in [0, 0.05) is 12.0 Å². The van der Waals surface area contributed by atoms with Crippen molar-refractivity contribution in [1.29, 1.82) is 0 Å². The molecule has 0 aromatic carbocycles. The van der Waals surface area contributed by atoms with Gasteiger partial charge in [-0.2, -0.15) is 0 Å². The second-order valence-electron chi connectivity index (χ2n) is 6.73. The van der Waals surface area contributed by atoms with Crippen molar-refractivity contribution < 1.29 is 15.0 Å². The molecule has 3 heteroatoms. The number of ketones is 1. The minimum atomic E-state index is -0.673. The van der Waals surface area contributed by atoms with Crippen LogP contribution in [-0.4, -0.2) is 28.2 Å². The van der Waals surface area contributed by atoms with E-state index in [0.29, 0.717) is 18.8 Å². The molecule has 4 atom stereocenters. The van der Waals surface area contributed by atoms with E-state index in [1.807, 2.05) is 0 Å². The Hall–Kier alpha value is -0.410. The fourth-order valence-corrected chi connectivity index (χ4v) is 5.15. The quantitative estimate of drug-likeness (QED) is 0.742. The fourth-order valence-electron chi connectivity index (χ4n) is 5.15. The summed E-state index contributed by atoms with van der Waals surface area (Å²) in [6.07, 6.45) is 4.90. The Kier molecular flexibility index (Phi) is 1.93. The Balaban J connectivity index is 2.04. The Labute approximate surface area is 95.9 Å². The highest BCUT2D eigenvalue weighted by molar-refractivity contribution is 5.83. The van der Waals surface area contributed by atoms with Gasteiger partial charge in [-0.15, -0.1) is 0 Å². The average Bonchev–Trinajstić information content (AvgIpc) is 2.13. The van der Waals surface area contributed by atoms with Crippen molar-refractivity contribution in [3.63, 3.8) is 0 Å². The molecule has 0 aliphatic heterocycles. The van der Waals surface area contributed by atoms with Crippen molar-refractivity contribution in [3.8, 4) is 0 Å². The smallest absolute Gasteiger partial charge is 0.136 e. The van der Waals surface area contributed by atoms with E-state index in [-0.39, 0.29) is 23.2 Å². The van der Waals surface area contributed by atoms with Crippen LogP contribution in [0.3, 0.4) is 0 Å². The monoisotopic (exact) mass is 224 g/mol. The molecule has 3 nitrogen and oxygen atoms in total. The van der Waals surface area contributed by atoms with Crippen molar-refractivity contribution >= 4 is 5.78 Å². The first-order valence-corrected chi connectivity index (χ1v) is 6.25. The molecule has 0 radical (unpaired) electrons. The summed E-state index contributed by atoms with van der Waals surface area (Å²) in [5, 5.41) is 20.2. The van der Waals surface area contributed by atoms with Crippen molar-refractivity contribution in [2.45, 2.75) is 51.0 Å². The van der Waals surface area contributed by atoms with Gasteiger partial charge in [0.05, 0.1) is 5.60 Å². The van der Waals surface area contributed by atoms with Crippen LogP contribution in [0.2, 0.25) is 0 Å². The number of Topliss-reactive ketones (excluding diaryl/α,β-unsaturated/α-hetero) is 1. The second kappa shape index (κ2) is 2.88. The van der Waals surface area contributed by atoms with Gasteiger partial charge in [-0.3, -0.25) is 4.79 Å². The van der Waals surface area contributed by atoms with E-state index in [9.17, 15) is 15.0 Å². The number of rotatable bonds is 2. The molecule has 0 amide bonds. The van der Waals surface area contributed by atoms with Gasteiger partial charge >= 0.3 is 0 Å². The van der Waals surface area contributed by atoms with Crippen LogP contribution in [0.25, 0.3) is 0 Å². The van der Waals surface area contributed by atoms with E-state index in [1.54, 1.807) is 6.92 Å². The Morgan fingerprint density at radius 3 is 2.56 bits per heavy atom. The van der Waals surface area contributed by atoms with Gasteiger partial charge in [0.1, 0.15) is 5.78 Å². The molecule has 4 saturated carbocycles. The summed E-state index contributed by atoms with van der Waals surface area (Å²) in [5.74, 6) is 0.658. The normalized spacial score (nSPS) is 54.3. The molecule has 16 heavy (non-hydrogen) atoms. The molecule has 4 rings (SSSR count). The molecule has 0 saturated heterocycles. The van der Waals surface area contributed by atoms with Crippen LogP contribution in [0.4, 0.5) is 0 Å². The van der Waals surface area contributed by atoms with Crippen LogP contribution in [0.15, 0.2) is 0 Å². The van der Waals surface area contributed by atoms with Gasteiger partial charge in [-0.05, 0) is 56.8 Å². The number of carbonyl (C=O) groups is 1. The molecule has 90 valence electrons.